The summed E-state index contributed by atoms with van der Waals surface area (Å²) in [4.78, 5) is 53.5. The first-order valence-corrected chi connectivity index (χ1v) is 26.4. The van der Waals surface area contributed by atoms with Gasteiger partial charge in [0, 0.05) is 19.3 Å². The number of likely N-dealkylation sites (tertiary alicyclic amines) is 1. The van der Waals surface area contributed by atoms with Gasteiger partial charge in [0.1, 0.15) is 25.9 Å². The van der Waals surface area contributed by atoms with Gasteiger partial charge >= 0.3 is 23.9 Å². The van der Waals surface area contributed by atoms with Crippen LogP contribution in [0.15, 0.2) is 48.6 Å². The second-order valence-corrected chi connectivity index (χ2v) is 18.0. The van der Waals surface area contributed by atoms with Crippen LogP contribution in [0.1, 0.15) is 226 Å². The molecule has 0 bridgehead atoms. The second-order valence-electron chi connectivity index (χ2n) is 18.0. The number of hydrogen-bond acceptors (Lipinski definition) is 9. The molecule has 0 aromatic carbocycles. The molecule has 9 heteroatoms. The van der Waals surface area contributed by atoms with E-state index in [1.165, 1.54) is 64.2 Å². The predicted octanol–water partition coefficient (Wildman–Crippen LogP) is 14.2. The molecule has 1 heterocycles. The van der Waals surface area contributed by atoms with Crippen LogP contribution in [-0.4, -0.2) is 74.3 Å². The molecule has 64 heavy (non-hydrogen) atoms. The number of allylic oxidation sites excluding steroid dienone is 8. The van der Waals surface area contributed by atoms with E-state index in [2.05, 4.69) is 74.3 Å². The van der Waals surface area contributed by atoms with E-state index in [1.54, 1.807) is 0 Å². The van der Waals surface area contributed by atoms with Gasteiger partial charge in [-0.3, -0.25) is 19.2 Å². The Morgan fingerprint density at radius 1 is 0.453 bits per heavy atom. The highest BCUT2D eigenvalue weighted by molar-refractivity contribution is 5.72. The van der Waals surface area contributed by atoms with E-state index in [4.69, 9.17) is 18.9 Å². The summed E-state index contributed by atoms with van der Waals surface area (Å²) < 4.78 is 22.7. The standard InChI is InChI=1S/C55H95NO8/c1-4-7-10-12-14-16-18-20-22-24-26-28-30-32-34-40-52(57)61-47-50(48-62-53(58)41-35-33-31-29-27-25-23-21-19-17-15-13-11-8-5-2)49-63-55(60)46-51(39-9-6-3)64-54(59)42-38-45-56-43-36-37-44-56/h14-17,20-23,50-51H,4-13,18-19,24-49H2,1-3H3/b16-14-,17-15-,22-20-,23-21-. The van der Waals surface area contributed by atoms with E-state index in [9.17, 15) is 19.2 Å². The fourth-order valence-corrected chi connectivity index (χ4v) is 7.66. The summed E-state index contributed by atoms with van der Waals surface area (Å²) in [5.74, 6) is -1.85. The summed E-state index contributed by atoms with van der Waals surface area (Å²) in [5, 5.41) is 0. The molecule has 9 nitrogen and oxygen atoms in total. The monoisotopic (exact) mass is 898 g/mol. The minimum Gasteiger partial charge on any atom is -0.465 e. The van der Waals surface area contributed by atoms with Crippen LogP contribution >= 0.6 is 0 Å². The fourth-order valence-electron chi connectivity index (χ4n) is 7.66. The molecule has 1 fully saturated rings. The highest BCUT2D eigenvalue weighted by Crippen LogP contribution is 2.16. The van der Waals surface area contributed by atoms with E-state index >= 15 is 0 Å². The first-order valence-electron chi connectivity index (χ1n) is 26.4. The number of nitrogens with zero attached hydrogens (tertiary/aromatic N) is 1. The van der Waals surface area contributed by atoms with Crippen LogP contribution in [0.3, 0.4) is 0 Å². The van der Waals surface area contributed by atoms with Crippen LogP contribution in [-0.2, 0) is 38.1 Å². The van der Waals surface area contributed by atoms with Crippen molar-refractivity contribution in [1.29, 1.82) is 0 Å². The Morgan fingerprint density at radius 3 is 1.33 bits per heavy atom. The molecule has 0 aromatic rings. The van der Waals surface area contributed by atoms with Crippen molar-refractivity contribution >= 4 is 23.9 Å². The predicted molar refractivity (Wildman–Crippen MR) is 264 cm³/mol. The van der Waals surface area contributed by atoms with Crippen molar-refractivity contribution in [3.05, 3.63) is 48.6 Å². The number of esters is 4. The van der Waals surface area contributed by atoms with Crippen molar-refractivity contribution in [2.75, 3.05) is 39.5 Å². The summed E-state index contributed by atoms with van der Waals surface area (Å²) in [5.41, 5.74) is 0. The molecule has 0 radical (unpaired) electrons. The zero-order chi connectivity index (χ0) is 46.4. The Labute approximate surface area is 392 Å². The largest absolute Gasteiger partial charge is 0.465 e. The Balaban J connectivity index is 2.48. The van der Waals surface area contributed by atoms with Gasteiger partial charge in [-0.25, -0.2) is 0 Å². The summed E-state index contributed by atoms with van der Waals surface area (Å²) in [6.45, 7) is 9.52. The van der Waals surface area contributed by atoms with E-state index < -0.39 is 18.0 Å². The third-order valence-corrected chi connectivity index (χ3v) is 11.7. The lowest BCUT2D eigenvalue weighted by Crippen LogP contribution is -2.28. The highest BCUT2D eigenvalue weighted by Gasteiger charge is 2.22. The number of ether oxygens (including phenoxy) is 4. The molecule has 0 amide bonds. The maximum Gasteiger partial charge on any atom is 0.309 e. The number of hydrogen-bond donors (Lipinski definition) is 0. The molecule has 0 aliphatic carbocycles. The molecular formula is C55H95NO8. The van der Waals surface area contributed by atoms with Crippen LogP contribution in [0.4, 0.5) is 0 Å². The van der Waals surface area contributed by atoms with Crippen molar-refractivity contribution in [1.82, 2.24) is 4.90 Å². The average Bonchev–Trinajstić information content (AvgIpc) is 3.81. The van der Waals surface area contributed by atoms with E-state index in [1.807, 2.05) is 0 Å². The number of carbonyl (C=O) groups excluding carboxylic acids is 4. The number of unbranched alkanes of at least 4 members (excludes halogenated alkanes) is 17. The molecule has 0 spiro atoms. The lowest BCUT2D eigenvalue weighted by molar-refractivity contribution is -0.157. The van der Waals surface area contributed by atoms with Crippen molar-refractivity contribution in [3.8, 4) is 0 Å². The van der Waals surface area contributed by atoms with E-state index in [-0.39, 0.29) is 44.1 Å². The van der Waals surface area contributed by atoms with Gasteiger partial charge in [0.25, 0.3) is 0 Å². The third kappa shape index (κ3) is 39.2. The molecule has 1 atom stereocenters. The zero-order valence-corrected chi connectivity index (χ0v) is 41.4. The molecule has 0 aromatic heterocycles. The lowest BCUT2D eigenvalue weighted by Gasteiger charge is -2.20. The van der Waals surface area contributed by atoms with Crippen LogP contribution in [0.25, 0.3) is 0 Å². The Hall–Kier alpha value is -3.20. The van der Waals surface area contributed by atoms with Gasteiger partial charge < -0.3 is 23.8 Å². The average molecular weight is 898 g/mol. The van der Waals surface area contributed by atoms with Crippen molar-refractivity contribution in [2.24, 2.45) is 5.92 Å². The van der Waals surface area contributed by atoms with E-state index in [0.29, 0.717) is 25.7 Å². The van der Waals surface area contributed by atoms with Gasteiger partial charge in [-0.05, 0) is 122 Å². The molecule has 1 saturated heterocycles. The SMILES string of the molecule is CCCCC/C=C\C/C=C\CCCCCCCC(=O)OCC(COC(=O)CCCCCCC/C=C\C/C=C\CCCCC)COC(=O)CC(CCCC)OC(=O)CCCN1CCCC1. The number of carbonyl (C=O) groups is 4. The topological polar surface area (TPSA) is 108 Å². The zero-order valence-electron chi connectivity index (χ0n) is 41.4. The highest BCUT2D eigenvalue weighted by atomic mass is 16.6. The molecule has 1 rings (SSSR count). The normalized spacial score (nSPS) is 13.9. The maximum absolute atomic E-state index is 13.1. The molecule has 368 valence electrons. The van der Waals surface area contributed by atoms with Crippen molar-refractivity contribution < 1.29 is 38.1 Å². The van der Waals surface area contributed by atoms with E-state index in [0.717, 1.165) is 129 Å². The van der Waals surface area contributed by atoms with Crippen molar-refractivity contribution in [2.45, 2.75) is 232 Å². The maximum atomic E-state index is 13.1. The van der Waals surface area contributed by atoms with Gasteiger partial charge in [-0.2, -0.15) is 0 Å². The lowest BCUT2D eigenvalue weighted by atomic mass is 10.1. The smallest absolute Gasteiger partial charge is 0.309 e. The number of rotatable bonds is 44. The molecule has 0 N–H and O–H groups in total. The summed E-state index contributed by atoms with van der Waals surface area (Å²) in [7, 11) is 0. The first kappa shape index (κ1) is 58.8. The summed E-state index contributed by atoms with van der Waals surface area (Å²) in [6.07, 6.45) is 48.5. The first-order chi connectivity index (χ1) is 31.4. The van der Waals surface area contributed by atoms with Gasteiger partial charge in [-0.15, -0.1) is 0 Å². The second kappa shape index (κ2) is 45.0. The summed E-state index contributed by atoms with van der Waals surface area (Å²) >= 11 is 0. The van der Waals surface area contributed by atoms with Crippen LogP contribution in [0, 0.1) is 5.92 Å². The molecule has 1 aliphatic rings. The molecular weight excluding hydrogens is 803 g/mol. The fraction of sp³-hybridized carbons (Fsp3) is 0.782. The minimum atomic E-state index is -0.548. The Kier molecular flexibility index (Phi) is 41.3. The van der Waals surface area contributed by atoms with Gasteiger partial charge in [0.15, 0.2) is 0 Å². The van der Waals surface area contributed by atoms with Crippen LogP contribution in [0.2, 0.25) is 0 Å². The van der Waals surface area contributed by atoms with Gasteiger partial charge in [-0.1, -0.05) is 146 Å². The van der Waals surface area contributed by atoms with Gasteiger partial charge in [0.2, 0.25) is 0 Å². The van der Waals surface area contributed by atoms with Crippen LogP contribution in [0.5, 0.6) is 0 Å². The Morgan fingerprint density at radius 2 is 0.859 bits per heavy atom. The molecule has 1 aliphatic heterocycles. The van der Waals surface area contributed by atoms with Crippen molar-refractivity contribution in [3.63, 3.8) is 0 Å². The summed E-state index contributed by atoms with van der Waals surface area (Å²) in [6, 6.07) is 0. The molecule has 1 unspecified atom stereocenters. The minimum absolute atomic E-state index is 0.00534. The van der Waals surface area contributed by atoms with Gasteiger partial charge in [0.05, 0.1) is 12.3 Å². The molecule has 0 saturated carbocycles. The van der Waals surface area contributed by atoms with Crippen LogP contribution < -0.4 is 0 Å². The third-order valence-electron chi connectivity index (χ3n) is 11.7. The quantitative estimate of drug-likeness (QED) is 0.0256. The Bertz CT molecular complexity index is 1190.